The van der Waals surface area contributed by atoms with Crippen LogP contribution >= 0.6 is 15.9 Å². The quantitative estimate of drug-likeness (QED) is 0.709. The number of benzene rings is 1. The van der Waals surface area contributed by atoms with E-state index < -0.39 is 0 Å². The van der Waals surface area contributed by atoms with Gasteiger partial charge in [-0.15, -0.1) is 0 Å². The maximum absolute atomic E-state index is 12.7. The van der Waals surface area contributed by atoms with E-state index in [4.69, 9.17) is 0 Å². The fourth-order valence-electron chi connectivity index (χ4n) is 3.46. The largest absolute Gasteiger partial charge is 0.336 e. The Hall–Kier alpha value is -1.09. The molecule has 1 saturated heterocycles. The Balaban J connectivity index is 1.79. The van der Waals surface area contributed by atoms with Crippen molar-refractivity contribution >= 4 is 27.9 Å². The van der Waals surface area contributed by atoms with Crippen LogP contribution in [0.5, 0.6) is 0 Å². The Morgan fingerprint density at radius 1 is 1.24 bits per heavy atom. The van der Waals surface area contributed by atoms with Gasteiger partial charge < -0.3 is 4.90 Å². The Morgan fingerprint density at radius 3 is 2.76 bits per heavy atom. The van der Waals surface area contributed by atoms with Crippen molar-refractivity contribution < 1.29 is 4.79 Å². The van der Waals surface area contributed by atoms with Crippen LogP contribution < -0.4 is 0 Å². The van der Waals surface area contributed by atoms with Gasteiger partial charge >= 0.3 is 0 Å². The van der Waals surface area contributed by atoms with Gasteiger partial charge in [-0.2, -0.15) is 0 Å². The van der Waals surface area contributed by atoms with Crippen molar-refractivity contribution in [1.29, 1.82) is 0 Å². The van der Waals surface area contributed by atoms with Gasteiger partial charge in [-0.25, -0.2) is 0 Å². The Labute approximate surface area is 135 Å². The summed E-state index contributed by atoms with van der Waals surface area (Å²) in [5.41, 5.74) is 3.34. The highest BCUT2D eigenvalue weighted by Crippen LogP contribution is 2.30. The number of nitrogens with zero attached hydrogens (tertiary/aromatic N) is 1. The average molecular weight is 348 g/mol. The lowest BCUT2D eigenvalue weighted by Crippen LogP contribution is -2.37. The number of amides is 1. The second-order valence-corrected chi connectivity index (χ2v) is 7.13. The number of likely N-dealkylation sites (tertiary alicyclic amines) is 1. The van der Waals surface area contributed by atoms with E-state index in [2.05, 4.69) is 46.0 Å². The zero-order valence-corrected chi connectivity index (χ0v) is 14.2. The molecule has 112 valence electrons. The predicted octanol–water partition coefficient (Wildman–Crippen LogP) is 4.71. The van der Waals surface area contributed by atoms with E-state index in [1.165, 1.54) is 37.7 Å². The molecular formula is C18H22BrNO. The highest BCUT2D eigenvalue weighted by molar-refractivity contribution is 9.10. The molecular weight excluding hydrogens is 326 g/mol. The normalized spacial score (nSPS) is 22.3. The van der Waals surface area contributed by atoms with Crippen LogP contribution in [0.15, 0.2) is 28.2 Å². The first-order valence-corrected chi connectivity index (χ1v) is 8.72. The Kier molecular flexibility index (Phi) is 4.48. The number of carbonyl (C=O) groups is 1. The van der Waals surface area contributed by atoms with Crippen molar-refractivity contribution in [2.24, 2.45) is 0 Å². The number of hydrogen-bond acceptors (Lipinski definition) is 1. The molecule has 0 bridgehead atoms. The molecule has 2 nitrogen and oxygen atoms in total. The molecule has 0 radical (unpaired) electrons. The van der Waals surface area contributed by atoms with Crippen LogP contribution in [0, 0.1) is 6.92 Å². The van der Waals surface area contributed by atoms with Gasteiger partial charge in [-0.1, -0.05) is 41.3 Å². The summed E-state index contributed by atoms with van der Waals surface area (Å²) in [6.45, 7) is 3.00. The van der Waals surface area contributed by atoms with Crippen LogP contribution in [-0.4, -0.2) is 23.4 Å². The molecule has 2 aliphatic rings. The molecule has 0 unspecified atom stereocenters. The van der Waals surface area contributed by atoms with Crippen LogP contribution in [0.25, 0.3) is 6.08 Å². The molecule has 1 aliphatic carbocycles. The SMILES string of the molecule is Cc1ccc(Br)cc1/C=C1\CCN(C2CCCCC2)C1=O. The summed E-state index contributed by atoms with van der Waals surface area (Å²) in [6.07, 6.45) is 9.24. The van der Waals surface area contributed by atoms with Gasteiger partial charge in [0.25, 0.3) is 0 Å². The Bertz CT molecular complexity index is 573. The molecule has 0 spiro atoms. The summed E-state index contributed by atoms with van der Waals surface area (Å²) in [7, 11) is 0. The van der Waals surface area contributed by atoms with Crippen molar-refractivity contribution in [3.05, 3.63) is 39.4 Å². The van der Waals surface area contributed by atoms with Gasteiger partial charge in [-0.05, 0) is 55.5 Å². The van der Waals surface area contributed by atoms with E-state index in [-0.39, 0.29) is 5.91 Å². The first-order chi connectivity index (χ1) is 10.1. The second kappa shape index (κ2) is 6.35. The molecule has 1 aromatic rings. The smallest absolute Gasteiger partial charge is 0.250 e. The minimum Gasteiger partial charge on any atom is -0.336 e. The predicted molar refractivity (Wildman–Crippen MR) is 90.1 cm³/mol. The van der Waals surface area contributed by atoms with Gasteiger partial charge in [-0.3, -0.25) is 4.79 Å². The third-order valence-corrected chi connectivity index (χ3v) is 5.24. The van der Waals surface area contributed by atoms with Crippen LogP contribution in [0.2, 0.25) is 0 Å². The average Bonchev–Trinajstić information content (AvgIpc) is 2.85. The van der Waals surface area contributed by atoms with Crippen molar-refractivity contribution in [3.63, 3.8) is 0 Å². The first kappa shape index (κ1) is 14.8. The van der Waals surface area contributed by atoms with Crippen molar-refractivity contribution in [1.82, 2.24) is 4.90 Å². The summed E-state index contributed by atoms with van der Waals surface area (Å²) in [4.78, 5) is 14.8. The summed E-state index contributed by atoms with van der Waals surface area (Å²) in [5.74, 6) is 0.265. The molecule has 0 N–H and O–H groups in total. The van der Waals surface area contributed by atoms with Crippen LogP contribution in [0.1, 0.15) is 49.7 Å². The van der Waals surface area contributed by atoms with Crippen molar-refractivity contribution in [2.45, 2.75) is 51.5 Å². The highest BCUT2D eigenvalue weighted by atomic mass is 79.9. The zero-order valence-electron chi connectivity index (χ0n) is 12.6. The molecule has 3 rings (SSSR count). The molecule has 0 atom stereocenters. The minimum absolute atomic E-state index is 0.265. The highest BCUT2D eigenvalue weighted by Gasteiger charge is 2.32. The second-order valence-electron chi connectivity index (χ2n) is 6.21. The summed E-state index contributed by atoms with van der Waals surface area (Å²) in [6, 6.07) is 6.72. The van der Waals surface area contributed by atoms with Gasteiger partial charge in [0, 0.05) is 22.6 Å². The van der Waals surface area contributed by atoms with Crippen LogP contribution in [-0.2, 0) is 4.79 Å². The van der Waals surface area contributed by atoms with Crippen molar-refractivity contribution in [2.75, 3.05) is 6.54 Å². The van der Waals surface area contributed by atoms with Crippen LogP contribution in [0.3, 0.4) is 0 Å². The lowest BCUT2D eigenvalue weighted by Gasteiger charge is -2.30. The molecule has 0 aromatic heterocycles. The third kappa shape index (κ3) is 3.23. The number of hydrogen-bond donors (Lipinski definition) is 0. The third-order valence-electron chi connectivity index (χ3n) is 4.74. The molecule has 1 aromatic carbocycles. The lowest BCUT2D eigenvalue weighted by atomic mass is 9.94. The molecule has 2 fully saturated rings. The first-order valence-electron chi connectivity index (χ1n) is 7.93. The number of halogens is 1. The maximum Gasteiger partial charge on any atom is 0.250 e. The number of rotatable bonds is 2. The van der Waals surface area contributed by atoms with Crippen LogP contribution in [0.4, 0.5) is 0 Å². The summed E-state index contributed by atoms with van der Waals surface area (Å²) >= 11 is 3.51. The zero-order chi connectivity index (χ0) is 14.8. The standard InChI is InChI=1S/C18H22BrNO/c1-13-7-8-16(19)12-15(13)11-14-9-10-20(18(14)21)17-5-3-2-4-6-17/h7-8,11-12,17H,2-6,9-10H2,1H3/b14-11+. The Morgan fingerprint density at radius 2 is 2.00 bits per heavy atom. The molecule has 1 heterocycles. The van der Waals surface area contributed by atoms with E-state index in [0.717, 1.165) is 28.6 Å². The van der Waals surface area contributed by atoms with Crippen molar-refractivity contribution in [3.8, 4) is 0 Å². The molecule has 1 aliphatic heterocycles. The van der Waals surface area contributed by atoms with Gasteiger partial charge in [0.2, 0.25) is 5.91 Å². The number of carbonyl (C=O) groups excluding carboxylic acids is 1. The fraction of sp³-hybridized carbons (Fsp3) is 0.500. The van der Waals surface area contributed by atoms with E-state index >= 15 is 0 Å². The van der Waals surface area contributed by atoms with E-state index in [0.29, 0.717) is 6.04 Å². The summed E-state index contributed by atoms with van der Waals surface area (Å²) < 4.78 is 1.06. The van der Waals surface area contributed by atoms with Gasteiger partial charge in [0.05, 0.1) is 0 Å². The monoisotopic (exact) mass is 347 g/mol. The molecule has 1 amide bonds. The number of aryl methyl sites for hydroxylation is 1. The lowest BCUT2D eigenvalue weighted by molar-refractivity contribution is -0.127. The summed E-state index contributed by atoms with van der Waals surface area (Å²) in [5, 5.41) is 0. The maximum atomic E-state index is 12.7. The molecule has 21 heavy (non-hydrogen) atoms. The fourth-order valence-corrected chi connectivity index (χ4v) is 3.84. The topological polar surface area (TPSA) is 20.3 Å². The molecule has 1 saturated carbocycles. The van der Waals surface area contributed by atoms with E-state index in [1.807, 2.05) is 6.07 Å². The van der Waals surface area contributed by atoms with E-state index in [1.54, 1.807) is 0 Å². The minimum atomic E-state index is 0.265. The van der Waals surface area contributed by atoms with E-state index in [9.17, 15) is 4.79 Å². The molecule has 3 heteroatoms. The van der Waals surface area contributed by atoms with Gasteiger partial charge in [0.1, 0.15) is 0 Å². The van der Waals surface area contributed by atoms with Gasteiger partial charge in [0.15, 0.2) is 0 Å².